The van der Waals surface area contributed by atoms with Gasteiger partial charge in [-0.2, -0.15) is 0 Å². The highest BCUT2D eigenvalue weighted by atomic mass is 35.5. The fourth-order valence-corrected chi connectivity index (χ4v) is 2.92. The van der Waals surface area contributed by atoms with Crippen molar-refractivity contribution in [1.82, 2.24) is 10.2 Å². The van der Waals surface area contributed by atoms with E-state index in [0.29, 0.717) is 25.9 Å². The zero-order valence-electron chi connectivity index (χ0n) is 12.6. The van der Waals surface area contributed by atoms with Crippen molar-refractivity contribution in [1.29, 1.82) is 0 Å². The van der Waals surface area contributed by atoms with Crippen LogP contribution in [-0.2, 0) is 4.74 Å². The molecule has 0 aromatic heterocycles. The molecule has 1 N–H and O–H groups in total. The average molecular weight is 309 g/mol. The van der Waals surface area contributed by atoms with Crippen molar-refractivity contribution in [2.24, 2.45) is 0 Å². The lowest BCUT2D eigenvalue weighted by molar-refractivity contribution is 0.00947. The van der Waals surface area contributed by atoms with Gasteiger partial charge < -0.3 is 15.0 Å². The standard InChI is InChI=1S/C14H25FN2O2.ClH/c1-13(2,3)19-12(18)17-8-5-14(6-9-17)10-11(15)4-7-16-14;/h11,16H,4-10H2,1-3H3;1H. The van der Waals surface area contributed by atoms with Gasteiger partial charge in [0.2, 0.25) is 0 Å². The van der Waals surface area contributed by atoms with Crippen molar-refractivity contribution >= 4 is 18.5 Å². The van der Waals surface area contributed by atoms with Crippen LogP contribution in [-0.4, -0.2) is 47.9 Å². The smallest absolute Gasteiger partial charge is 0.410 e. The zero-order chi connectivity index (χ0) is 14.1. The number of likely N-dealkylation sites (tertiary alicyclic amines) is 1. The number of ether oxygens (including phenoxy) is 1. The van der Waals surface area contributed by atoms with Crippen LogP contribution in [0.5, 0.6) is 0 Å². The first-order valence-corrected chi connectivity index (χ1v) is 7.17. The first-order chi connectivity index (χ1) is 8.80. The summed E-state index contributed by atoms with van der Waals surface area (Å²) < 4.78 is 18.9. The Hall–Kier alpha value is -0.550. The summed E-state index contributed by atoms with van der Waals surface area (Å²) in [6.07, 6.45) is 1.86. The fraction of sp³-hybridized carbons (Fsp3) is 0.929. The molecule has 20 heavy (non-hydrogen) atoms. The Labute approximate surface area is 126 Å². The maximum Gasteiger partial charge on any atom is 0.410 e. The first-order valence-electron chi connectivity index (χ1n) is 7.17. The Morgan fingerprint density at radius 2 is 1.95 bits per heavy atom. The molecule has 4 nitrogen and oxygen atoms in total. The molecule has 1 unspecified atom stereocenters. The monoisotopic (exact) mass is 308 g/mol. The van der Waals surface area contributed by atoms with Crippen LogP contribution in [0.15, 0.2) is 0 Å². The number of rotatable bonds is 0. The van der Waals surface area contributed by atoms with Gasteiger partial charge in [-0.1, -0.05) is 0 Å². The summed E-state index contributed by atoms with van der Waals surface area (Å²) in [6.45, 7) is 7.64. The summed E-state index contributed by atoms with van der Waals surface area (Å²) in [5.41, 5.74) is -0.560. The molecule has 0 bridgehead atoms. The number of alkyl halides is 1. The van der Waals surface area contributed by atoms with Crippen LogP contribution >= 0.6 is 12.4 Å². The van der Waals surface area contributed by atoms with E-state index in [1.807, 2.05) is 20.8 Å². The highest BCUT2D eigenvalue weighted by molar-refractivity contribution is 5.85. The van der Waals surface area contributed by atoms with Gasteiger partial charge in [0.25, 0.3) is 0 Å². The molecule has 1 amide bonds. The minimum atomic E-state index is -0.700. The summed E-state index contributed by atoms with van der Waals surface area (Å²) in [5.74, 6) is 0. The van der Waals surface area contributed by atoms with Crippen molar-refractivity contribution in [3.05, 3.63) is 0 Å². The summed E-state index contributed by atoms with van der Waals surface area (Å²) >= 11 is 0. The molecule has 2 aliphatic heterocycles. The number of halogens is 2. The molecular weight excluding hydrogens is 283 g/mol. The maximum absolute atomic E-state index is 13.5. The van der Waals surface area contributed by atoms with Crippen molar-refractivity contribution in [3.8, 4) is 0 Å². The lowest BCUT2D eigenvalue weighted by Gasteiger charge is -2.45. The van der Waals surface area contributed by atoms with Crippen LogP contribution in [0, 0.1) is 0 Å². The maximum atomic E-state index is 13.5. The normalized spacial score (nSPS) is 26.0. The van der Waals surface area contributed by atoms with Gasteiger partial charge in [0, 0.05) is 18.6 Å². The van der Waals surface area contributed by atoms with E-state index in [4.69, 9.17) is 4.74 Å². The molecule has 2 fully saturated rings. The van der Waals surface area contributed by atoms with Crippen LogP contribution in [0.4, 0.5) is 9.18 Å². The molecule has 2 rings (SSSR count). The number of hydrogen-bond donors (Lipinski definition) is 1. The third-order valence-corrected chi connectivity index (χ3v) is 3.94. The Morgan fingerprint density at radius 3 is 2.45 bits per heavy atom. The molecule has 0 aromatic carbocycles. The number of carbonyl (C=O) groups excluding carboxylic acids is 1. The molecule has 0 aromatic rings. The van der Waals surface area contributed by atoms with Gasteiger partial charge in [-0.05, 0) is 53.0 Å². The van der Waals surface area contributed by atoms with Gasteiger partial charge in [0.05, 0.1) is 0 Å². The van der Waals surface area contributed by atoms with E-state index in [1.54, 1.807) is 4.90 Å². The van der Waals surface area contributed by atoms with E-state index in [-0.39, 0.29) is 24.0 Å². The molecule has 118 valence electrons. The van der Waals surface area contributed by atoms with Gasteiger partial charge in [0.1, 0.15) is 11.8 Å². The lowest BCUT2D eigenvalue weighted by atomic mass is 9.80. The van der Waals surface area contributed by atoms with Crippen molar-refractivity contribution in [3.63, 3.8) is 0 Å². The van der Waals surface area contributed by atoms with Crippen LogP contribution in [0.1, 0.15) is 46.5 Å². The number of nitrogens with one attached hydrogen (secondary N) is 1. The SMILES string of the molecule is CC(C)(C)OC(=O)N1CCC2(CC1)CC(F)CCN2.Cl. The van der Waals surface area contributed by atoms with E-state index >= 15 is 0 Å². The minimum Gasteiger partial charge on any atom is -0.444 e. The predicted molar refractivity (Wildman–Crippen MR) is 79.2 cm³/mol. The predicted octanol–water partition coefficient (Wildman–Crippen LogP) is 2.90. The van der Waals surface area contributed by atoms with E-state index in [2.05, 4.69) is 5.32 Å². The third kappa shape index (κ3) is 4.48. The Bertz CT molecular complexity index is 339. The van der Waals surface area contributed by atoms with Gasteiger partial charge in [-0.25, -0.2) is 9.18 Å². The number of carbonyl (C=O) groups is 1. The Kier molecular flexibility index (Phi) is 5.67. The highest BCUT2D eigenvalue weighted by Crippen LogP contribution is 2.32. The zero-order valence-corrected chi connectivity index (χ0v) is 13.4. The van der Waals surface area contributed by atoms with Gasteiger partial charge in [-0.15, -0.1) is 12.4 Å². The molecule has 2 heterocycles. The fourth-order valence-electron chi connectivity index (χ4n) is 2.92. The number of piperidine rings is 2. The van der Waals surface area contributed by atoms with Gasteiger partial charge in [-0.3, -0.25) is 0 Å². The summed E-state index contributed by atoms with van der Waals surface area (Å²) in [5, 5.41) is 3.45. The van der Waals surface area contributed by atoms with Crippen molar-refractivity contribution in [2.75, 3.05) is 19.6 Å². The van der Waals surface area contributed by atoms with E-state index in [1.165, 1.54) is 0 Å². The molecule has 1 atom stereocenters. The van der Waals surface area contributed by atoms with E-state index in [9.17, 15) is 9.18 Å². The Balaban J connectivity index is 0.00000200. The minimum absolute atomic E-state index is 0. The van der Waals surface area contributed by atoms with Crippen LogP contribution in [0.2, 0.25) is 0 Å². The molecule has 6 heteroatoms. The molecule has 0 radical (unpaired) electrons. The summed E-state index contributed by atoms with van der Waals surface area (Å²) in [4.78, 5) is 13.7. The number of amides is 1. The quantitative estimate of drug-likeness (QED) is 0.748. The number of nitrogens with zero attached hydrogens (tertiary/aromatic N) is 1. The van der Waals surface area contributed by atoms with E-state index in [0.717, 1.165) is 19.4 Å². The summed E-state index contributed by atoms with van der Waals surface area (Å²) in [7, 11) is 0. The molecular formula is C14H26ClFN2O2. The van der Waals surface area contributed by atoms with Crippen LogP contribution < -0.4 is 5.32 Å². The summed E-state index contributed by atoms with van der Waals surface area (Å²) in [6, 6.07) is 0. The van der Waals surface area contributed by atoms with Crippen molar-refractivity contribution in [2.45, 2.75) is 63.8 Å². The topological polar surface area (TPSA) is 41.6 Å². The lowest BCUT2D eigenvalue weighted by Crippen LogP contribution is -2.58. The average Bonchev–Trinajstić information content (AvgIpc) is 2.27. The largest absolute Gasteiger partial charge is 0.444 e. The van der Waals surface area contributed by atoms with Crippen LogP contribution in [0.25, 0.3) is 0 Å². The Morgan fingerprint density at radius 1 is 1.35 bits per heavy atom. The molecule has 2 aliphatic rings. The highest BCUT2D eigenvalue weighted by Gasteiger charge is 2.40. The number of hydrogen-bond acceptors (Lipinski definition) is 3. The van der Waals surface area contributed by atoms with Gasteiger partial charge >= 0.3 is 6.09 Å². The third-order valence-electron chi connectivity index (χ3n) is 3.94. The second-order valence-electron chi connectivity index (χ2n) is 6.76. The second-order valence-corrected chi connectivity index (χ2v) is 6.76. The molecule has 0 saturated carbocycles. The second kappa shape index (κ2) is 6.48. The van der Waals surface area contributed by atoms with E-state index < -0.39 is 11.8 Å². The van der Waals surface area contributed by atoms with Crippen LogP contribution in [0.3, 0.4) is 0 Å². The van der Waals surface area contributed by atoms with Crippen molar-refractivity contribution < 1.29 is 13.9 Å². The molecule has 2 saturated heterocycles. The molecule has 0 aliphatic carbocycles. The molecule has 1 spiro atoms. The van der Waals surface area contributed by atoms with Gasteiger partial charge in [0.15, 0.2) is 0 Å². The first kappa shape index (κ1) is 17.5.